The van der Waals surface area contributed by atoms with Crippen molar-refractivity contribution in [3.05, 3.63) is 82.9 Å². The normalized spacial score (nSPS) is 11.9. The fourth-order valence-electron chi connectivity index (χ4n) is 2.79. The number of aromatic amines is 1. The van der Waals surface area contributed by atoms with Crippen LogP contribution in [0.15, 0.2) is 66.0 Å². The Balaban J connectivity index is 1.70. The lowest BCUT2D eigenvalue weighted by Crippen LogP contribution is -2.16. The van der Waals surface area contributed by atoms with Gasteiger partial charge in [-0.25, -0.2) is 9.78 Å². The van der Waals surface area contributed by atoms with Gasteiger partial charge in [-0.05, 0) is 42.8 Å². The van der Waals surface area contributed by atoms with Crippen molar-refractivity contribution in [2.75, 3.05) is 13.7 Å². The molecule has 0 amide bonds. The third-order valence-electron chi connectivity index (χ3n) is 4.27. The summed E-state index contributed by atoms with van der Waals surface area (Å²) in [5, 5.41) is 0.481. The minimum absolute atomic E-state index is 0.278. The second-order valence-corrected chi connectivity index (χ2v) is 6.39. The highest BCUT2D eigenvalue weighted by Crippen LogP contribution is 2.28. The smallest absolute Gasteiger partial charge is 0.331 e. The third-order valence-corrected chi connectivity index (χ3v) is 4.27. The Morgan fingerprint density at radius 3 is 2.80 bits per heavy atom. The van der Waals surface area contributed by atoms with Gasteiger partial charge in [-0.3, -0.25) is 4.79 Å². The van der Waals surface area contributed by atoms with Gasteiger partial charge in [0.25, 0.3) is 5.56 Å². The molecule has 0 fully saturated rings. The first kappa shape index (κ1) is 20.9. The number of ether oxygens (including phenoxy) is 3. The van der Waals surface area contributed by atoms with Crippen LogP contribution in [0.2, 0.25) is 0 Å². The molecule has 0 spiro atoms. The van der Waals surface area contributed by atoms with E-state index >= 15 is 0 Å². The number of carbonyl (C=O) groups is 1. The van der Waals surface area contributed by atoms with Crippen LogP contribution in [-0.4, -0.2) is 29.7 Å². The van der Waals surface area contributed by atoms with Crippen molar-refractivity contribution in [1.29, 1.82) is 0 Å². The van der Waals surface area contributed by atoms with Crippen molar-refractivity contribution < 1.29 is 19.0 Å². The van der Waals surface area contributed by atoms with Crippen molar-refractivity contribution in [2.24, 2.45) is 0 Å². The fraction of sp³-hybridized carbons (Fsp3) is 0.174. The molecule has 1 aromatic heterocycles. The number of aromatic nitrogens is 2. The van der Waals surface area contributed by atoms with E-state index in [1.807, 2.05) is 0 Å². The molecule has 3 rings (SSSR count). The second-order valence-electron chi connectivity index (χ2n) is 6.39. The zero-order valence-corrected chi connectivity index (χ0v) is 16.8. The standard InChI is InChI=1S/C23H22N2O5/c1-4-13-29-19-11-9-16(14-20(19)28-3)10-12-21(26)30-15(2)22-24-18-8-6-5-7-17(18)23(27)25-22/h4-12,14-15H,1,13H2,2-3H3,(H,24,25,27)/b12-10+/t15-/m1/s1. The van der Waals surface area contributed by atoms with Gasteiger partial charge in [-0.1, -0.05) is 30.9 Å². The van der Waals surface area contributed by atoms with Crippen LogP contribution in [0.25, 0.3) is 17.0 Å². The summed E-state index contributed by atoms with van der Waals surface area (Å²) < 4.78 is 16.2. The number of esters is 1. The van der Waals surface area contributed by atoms with Gasteiger partial charge in [0.15, 0.2) is 23.4 Å². The number of para-hydroxylation sites is 1. The second kappa shape index (κ2) is 9.56. The molecule has 3 aromatic rings. The topological polar surface area (TPSA) is 90.5 Å². The number of H-pyrrole nitrogens is 1. The average molecular weight is 406 g/mol. The molecule has 1 N–H and O–H groups in total. The fourth-order valence-corrected chi connectivity index (χ4v) is 2.79. The molecule has 154 valence electrons. The molecular formula is C23H22N2O5. The summed E-state index contributed by atoms with van der Waals surface area (Å²) in [6.07, 6.45) is 3.83. The van der Waals surface area contributed by atoms with E-state index in [0.29, 0.717) is 29.0 Å². The molecule has 30 heavy (non-hydrogen) atoms. The van der Waals surface area contributed by atoms with Crippen LogP contribution in [0.4, 0.5) is 0 Å². The Morgan fingerprint density at radius 2 is 2.03 bits per heavy atom. The number of benzene rings is 2. The largest absolute Gasteiger partial charge is 0.493 e. The maximum absolute atomic E-state index is 12.2. The number of fused-ring (bicyclic) bond motifs is 1. The predicted molar refractivity (Wildman–Crippen MR) is 115 cm³/mol. The lowest BCUT2D eigenvalue weighted by atomic mass is 10.2. The molecule has 0 unspecified atom stereocenters. The van der Waals surface area contributed by atoms with Crippen LogP contribution in [0, 0.1) is 0 Å². The van der Waals surface area contributed by atoms with Gasteiger partial charge < -0.3 is 19.2 Å². The Kier molecular flexibility index (Phi) is 6.64. The van der Waals surface area contributed by atoms with E-state index in [2.05, 4.69) is 16.5 Å². The number of rotatable bonds is 8. The van der Waals surface area contributed by atoms with Crippen LogP contribution in [0.5, 0.6) is 11.5 Å². The molecule has 0 bridgehead atoms. The summed E-state index contributed by atoms with van der Waals surface area (Å²) in [5.41, 5.74) is 1.00. The third kappa shape index (κ3) is 4.94. The van der Waals surface area contributed by atoms with Crippen molar-refractivity contribution in [3.63, 3.8) is 0 Å². The molecule has 2 aromatic carbocycles. The molecule has 7 heteroatoms. The van der Waals surface area contributed by atoms with Gasteiger partial charge >= 0.3 is 5.97 Å². The molecule has 1 atom stereocenters. The number of hydrogen-bond acceptors (Lipinski definition) is 6. The summed E-state index contributed by atoms with van der Waals surface area (Å²) in [4.78, 5) is 31.4. The minimum atomic E-state index is -0.719. The maximum atomic E-state index is 12.2. The van der Waals surface area contributed by atoms with Crippen LogP contribution in [0.3, 0.4) is 0 Å². The SMILES string of the molecule is C=CCOc1ccc(/C=C/C(=O)O[C@H](C)c2nc3ccccc3c(=O)[nH]2)cc1OC. The molecule has 0 saturated carbocycles. The number of nitrogens with zero attached hydrogens (tertiary/aromatic N) is 1. The van der Waals surface area contributed by atoms with E-state index < -0.39 is 12.1 Å². The zero-order valence-electron chi connectivity index (χ0n) is 16.8. The van der Waals surface area contributed by atoms with Gasteiger partial charge in [-0.2, -0.15) is 0 Å². The summed E-state index contributed by atoms with van der Waals surface area (Å²) >= 11 is 0. The molecule has 0 aliphatic heterocycles. The van der Waals surface area contributed by atoms with E-state index in [0.717, 1.165) is 5.56 Å². The van der Waals surface area contributed by atoms with Crippen LogP contribution in [0.1, 0.15) is 24.4 Å². The highest BCUT2D eigenvalue weighted by atomic mass is 16.5. The number of nitrogens with one attached hydrogen (secondary N) is 1. The number of methoxy groups -OCH3 is 1. The predicted octanol–water partition coefficient (Wildman–Crippen LogP) is 3.81. The number of hydrogen-bond donors (Lipinski definition) is 1. The lowest BCUT2D eigenvalue weighted by molar-refractivity contribution is -0.142. The van der Waals surface area contributed by atoms with Gasteiger partial charge in [0.1, 0.15) is 6.61 Å². The van der Waals surface area contributed by atoms with E-state index in [-0.39, 0.29) is 11.4 Å². The Morgan fingerprint density at radius 1 is 1.23 bits per heavy atom. The van der Waals surface area contributed by atoms with E-state index in [1.54, 1.807) is 61.5 Å². The molecule has 0 saturated heterocycles. The van der Waals surface area contributed by atoms with E-state index in [1.165, 1.54) is 13.2 Å². The van der Waals surface area contributed by atoms with Crippen LogP contribution in [-0.2, 0) is 9.53 Å². The van der Waals surface area contributed by atoms with Gasteiger partial charge in [0.2, 0.25) is 0 Å². The van der Waals surface area contributed by atoms with Crippen molar-refractivity contribution in [1.82, 2.24) is 9.97 Å². The van der Waals surface area contributed by atoms with Gasteiger partial charge in [0.05, 0.1) is 18.0 Å². The van der Waals surface area contributed by atoms with Gasteiger partial charge in [-0.15, -0.1) is 0 Å². The highest BCUT2D eigenvalue weighted by Gasteiger charge is 2.14. The molecule has 0 radical (unpaired) electrons. The van der Waals surface area contributed by atoms with Gasteiger partial charge in [0, 0.05) is 6.08 Å². The number of carbonyl (C=O) groups excluding carboxylic acids is 1. The first-order valence-electron chi connectivity index (χ1n) is 9.31. The molecule has 7 nitrogen and oxygen atoms in total. The van der Waals surface area contributed by atoms with Crippen molar-refractivity contribution in [3.8, 4) is 11.5 Å². The molecule has 0 aliphatic rings. The quantitative estimate of drug-likeness (QED) is 0.348. The van der Waals surface area contributed by atoms with Crippen LogP contribution >= 0.6 is 0 Å². The monoisotopic (exact) mass is 406 g/mol. The molecule has 1 heterocycles. The summed E-state index contributed by atoms with van der Waals surface area (Å²) in [6, 6.07) is 12.3. The summed E-state index contributed by atoms with van der Waals surface area (Å²) in [6.45, 7) is 5.62. The van der Waals surface area contributed by atoms with Crippen LogP contribution < -0.4 is 15.0 Å². The van der Waals surface area contributed by atoms with Crippen molar-refractivity contribution >= 4 is 22.9 Å². The Bertz CT molecular complexity index is 1150. The Labute approximate surface area is 173 Å². The lowest BCUT2D eigenvalue weighted by Gasteiger charge is -2.12. The van der Waals surface area contributed by atoms with Crippen molar-refractivity contribution in [2.45, 2.75) is 13.0 Å². The minimum Gasteiger partial charge on any atom is -0.493 e. The van der Waals surface area contributed by atoms with E-state index in [9.17, 15) is 9.59 Å². The first-order chi connectivity index (χ1) is 14.5. The first-order valence-corrected chi connectivity index (χ1v) is 9.31. The van der Waals surface area contributed by atoms with E-state index in [4.69, 9.17) is 14.2 Å². The highest BCUT2D eigenvalue weighted by molar-refractivity contribution is 5.87. The maximum Gasteiger partial charge on any atom is 0.331 e. The zero-order chi connectivity index (χ0) is 21.5. The summed E-state index contributed by atoms with van der Waals surface area (Å²) in [7, 11) is 1.54. The average Bonchev–Trinajstić information content (AvgIpc) is 2.76. The molecule has 0 aliphatic carbocycles. The Hall–Kier alpha value is -3.87. The summed E-state index contributed by atoms with van der Waals surface area (Å²) in [5.74, 6) is 0.839. The molecular weight excluding hydrogens is 384 g/mol.